The van der Waals surface area contributed by atoms with E-state index in [4.69, 9.17) is 0 Å². The second kappa shape index (κ2) is 7.97. The highest BCUT2D eigenvalue weighted by molar-refractivity contribution is 7.99. The summed E-state index contributed by atoms with van der Waals surface area (Å²) in [6.45, 7) is 8.06. The molecule has 2 heterocycles. The quantitative estimate of drug-likeness (QED) is 0.802. The van der Waals surface area contributed by atoms with Crippen molar-refractivity contribution in [3.63, 3.8) is 0 Å². The molecule has 0 aliphatic rings. The lowest BCUT2D eigenvalue weighted by atomic mass is 10.2. The summed E-state index contributed by atoms with van der Waals surface area (Å²) in [7, 11) is 0. The number of rotatable bonds is 7. The van der Waals surface area contributed by atoms with Crippen LogP contribution in [0.4, 0.5) is 0 Å². The number of nitrogens with zero attached hydrogens (tertiary/aromatic N) is 1. The summed E-state index contributed by atoms with van der Waals surface area (Å²) in [6, 6.07) is 0.208. The Morgan fingerprint density at radius 1 is 1.43 bits per heavy atom. The molecule has 2 rings (SSSR count). The fraction of sp³-hybridized carbons (Fsp3) is 0.562. The first-order chi connectivity index (χ1) is 10.9. The van der Waals surface area contributed by atoms with Crippen LogP contribution in [0.5, 0.6) is 0 Å². The van der Waals surface area contributed by atoms with Crippen molar-refractivity contribution in [1.29, 1.82) is 0 Å². The second-order valence-electron chi connectivity index (χ2n) is 5.73. The van der Waals surface area contributed by atoms with Crippen molar-refractivity contribution in [3.8, 4) is 0 Å². The topological polar surface area (TPSA) is 74.8 Å². The molecule has 2 aromatic heterocycles. The molecule has 0 bridgehead atoms. The molecule has 0 aromatic carbocycles. The lowest BCUT2D eigenvalue weighted by molar-refractivity contribution is -0.119. The van der Waals surface area contributed by atoms with Crippen LogP contribution >= 0.6 is 23.1 Å². The number of nitrogens with one attached hydrogen (secondary N) is 2. The molecule has 2 aromatic rings. The van der Waals surface area contributed by atoms with Gasteiger partial charge in [-0.15, -0.1) is 23.1 Å². The number of amides is 1. The molecule has 0 spiro atoms. The minimum absolute atomic E-state index is 0.0298. The van der Waals surface area contributed by atoms with Crippen molar-refractivity contribution in [3.05, 3.63) is 26.6 Å². The Kier molecular flexibility index (Phi) is 6.24. The Balaban J connectivity index is 1.95. The second-order valence-corrected chi connectivity index (χ2v) is 7.91. The number of hydrogen-bond donors (Lipinski definition) is 2. The molecule has 0 unspecified atom stereocenters. The Bertz CT molecular complexity index is 752. The zero-order chi connectivity index (χ0) is 17.0. The zero-order valence-electron chi connectivity index (χ0n) is 14.0. The summed E-state index contributed by atoms with van der Waals surface area (Å²) in [5, 5.41) is 3.66. The summed E-state index contributed by atoms with van der Waals surface area (Å²) in [4.78, 5) is 33.2. The van der Waals surface area contributed by atoms with Gasteiger partial charge in [0.2, 0.25) is 5.91 Å². The van der Waals surface area contributed by atoms with Gasteiger partial charge in [0.05, 0.1) is 16.9 Å². The maximum Gasteiger partial charge on any atom is 0.259 e. The number of thioether (sulfide) groups is 1. The Morgan fingerprint density at radius 2 is 2.17 bits per heavy atom. The van der Waals surface area contributed by atoms with Crippen molar-refractivity contribution in [2.24, 2.45) is 0 Å². The van der Waals surface area contributed by atoms with E-state index in [9.17, 15) is 9.59 Å². The van der Waals surface area contributed by atoms with Crippen LogP contribution in [0, 0.1) is 13.8 Å². The van der Waals surface area contributed by atoms with Crippen LogP contribution < -0.4 is 10.9 Å². The number of carbonyl (C=O) groups is 1. The van der Waals surface area contributed by atoms with Gasteiger partial charge in [-0.1, -0.05) is 13.3 Å². The minimum Gasteiger partial charge on any atom is -0.353 e. The molecule has 0 radical (unpaired) electrons. The third-order valence-electron chi connectivity index (χ3n) is 3.69. The van der Waals surface area contributed by atoms with Gasteiger partial charge in [0.15, 0.2) is 0 Å². The van der Waals surface area contributed by atoms with E-state index in [0.717, 1.165) is 28.1 Å². The fourth-order valence-electron chi connectivity index (χ4n) is 2.43. The average Bonchev–Trinajstić information content (AvgIpc) is 2.74. The van der Waals surface area contributed by atoms with E-state index >= 15 is 0 Å². The zero-order valence-corrected chi connectivity index (χ0v) is 15.6. The van der Waals surface area contributed by atoms with Crippen LogP contribution in [0.2, 0.25) is 0 Å². The van der Waals surface area contributed by atoms with E-state index in [1.165, 1.54) is 11.8 Å². The molecule has 1 amide bonds. The molecule has 2 N–H and O–H groups in total. The summed E-state index contributed by atoms with van der Waals surface area (Å²) >= 11 is 3.00. The van der Waals surface area contributed by atoms with E-state index < -0.39 is 0 Å². The maximum atomic E-state index is 12.2. The molecular weight excluding hydrogens is 330 g/mol. The Morgan fingerprint density at radius 3 is 2.87 bits per heavy atom. The van der Waals surface area contributed by atoms with Crippen LogP contribution in [0.3, 0.4) is 0 Å². The third kappa shape index (κ3) is 4.57. The largest absolute Gasteiger partial charge is 0.353 e. The highest BCUT2D eigenvalue weighted by Gasteiger charge is 2.12. The van der Waals surface area contributed by atoms with Crippen molar-refractivity contribution in [1.82, 2.24) is 15.3 Å². The minimum atomic E-state index is -0.0894. The summed E-state index contributed by atoms with van der Waals surface area (Å²) in [5.41, 5.74) is 0.913. The molecule has 0 saturated carbocycles. The van der Waals surface area contributed by atoms with Crippen LogP contribution in [-0.4, -0.2) is 27.7 Å². The monoisotopic (exact) mass is 353 g/mol. The average molecular weight is 354 g/mol. The lowest BCUT2D eigenvalue weighted by Gasteiger charge is -2.12. The van der Waals surface area contributed by atoms with Crippen LogP contribution in [0.25, 0.3) is 10.2 Å². The van der Waals surface area contributed by atoms with Gasteiger partial charge in [-0.3, -0.25) is 9.59 Å². The molecule has 0 aliphatic carbocycles. The first-order valence-corrected chi connectivity index (χ1v) is 9.75. The van der Waals surface area contributed by atoms with Gasteiger partial charge >= 0.3 is 0 Å². The van der Waals surface area contributed by atoms with Gasteiger partial charge in [0.25, 0.3) is 5.56 Å². The van der Waals surface area contributed by atoms with Gasteiger partial charge in [0.1, 0.15) is 10.7 Å². The lowest BCUT2D eigenvalue weighted by Crippen LogP contribution is -2.33. The van der Waals surface area contributed by atoms with Crippen molar-refractivity contribution < 1.29 is 4.79 Å². The molecule has 0 fully saturated rings. The standard InChI is InChI=1S/C16H23N3O2S2/c1-5-6-9(2)17-13(20)8-22-7-12-18-15(21)14-10(3)11(4)23-16(14)19-12/h9H,5-8H2,1-4H3,(H,17,20)(H,18,19,21)/t9-/m1/s1. The third-order valence-corrected chi connectivity index (χ3v) is 5.73. The van der Waals surface area contributed by atoms with Gasteiger partial charge in [0, 0.05) is 10.9 Å². The highest BCUT2D eigenvalue weighted by atomic mass is 32.2. The van der Waals surface area contributed by atoms with Gasteiger partial charge < -0.3 is 10.3 Å². The van der Waals surface area contributed by atoms with Crippen LogP contribution in [-0.2, 0) is 10.5 Å². The molecule has 7 heteroatoms. The summed E-state index contributed by atoms with van der Waals surface area (Å²) in [6.07, 6.45) is 2.04. The molecule has 23 heavy (non-hydrogen) atoms. The maximum absolute atomic E-state index is 12.2. The predicted molar refractivity (Wildman–Crippen MR) is 98.4 cm³/mol. The number of aryl methyl sites for hydroxylation is 2. The van der Waals surface area contributed by atoms with Crippen molar-refractivity contribution >= 4 is 39.2 Å². The molecule has 0 saturated heterocycles. The number of thiophene rings is 1. The number of aromatic amines is 1. The van der Waals surface area contributed by atoms with Gasteiger partial charge in [-0.05, 0) is 32.8 Å². The van der Waals surface area contributed by atoms with Crippen molar-refractivity contribution in [2.75, 3.05) is 5.75 Å². The van der Waals surface area contributed by atoms with E-state index in [0.29, 0.717) is 22.7 Å². The van der Waals surface area contributed by atoms with Gasteiger partial charge in [-0.25, -0.2) is 4.98 Å². The van der Waals surface area contributed by atoms with E-state index in [1.807, 2.05) is 20.8 Å². The van der Waals surface area contributed by atoms with Gasteiger partial charge in [-0.2, -0.15) is 0 Å². The molecular formula is C16H23N3O2S2. The predicted octanol–water partition coefficient (Wildman–Crippen LogP) is 3.14. The van der Waals surface area contributed by atoms with Crippen molar-refractivity contribution in [2.45, 2.75) is 52.3 Å². The Labute approximate surface area is 144 Å². The highest BCUT2D eigenvalue weighted by Crippen LogP contribution is 2.26. The normalized spacial score (nSPS) is 12.5. The number of H-pyrrole nitrogens is 1. The first-order valence-electron chi connectivity index (χ1n) is 7.78. The summed E-state index contributed by atoms with van der Waals surface area (Å²) in [5.74, 6) is 1.56. The number of carbonyl (C=O) groups excluding carboxylic acids is 1. The number of fused-ring (bicyclic) bond motifs is 1. The fourth-order valence-corrected chi connectivity index (χ4v) is 4.18. The van der Waals surface area contributed by atoms with Crippen LogP contribution in [0.1, 0.15) is 43.0 Å². The van der Waals surface area contributed by atoms with E-state index in [-0.39, 0.29) is 17.5 Å². The molecule has 5 nitrogen and oxygen atoms in total. The molecule has 1 atom stereocenters. The molecule has 126 valence electrons. The first kappa shape index (κ1) is 18.0. The molecule has 0 aliphatic heterocycles. The smallest absolute Gasteiger partial charge is 0.259 e. The number of hydrogen-bond acceptors (Lipinski definition) is 5. The van der Waals surface area contributed by atoms with Crippen LogP contribution in [0.15, 0.2) is 4.79 Å². The van der Waals surface area contributed by atoms with E-state index in [1.54, 1.807) is 11.3 Å². The SMILES string of the molecule is CCC[C@@H](C)NC(=O)CSCc1nc2sc(C)c(C)c2c(=O)[nH]1. The Hall–Kier alpha value is -1.34. The number of aromatic nitrogens is 2. The summed E-state index contributed by atoms with van der Waals surface area (Å²) < 4.78 is 0. The van der Waals surface area contributed by atoms with E-state index in [2.05, 4.69) is 22.2 Å².